The summed E-state index contributed by atoms with van der Waals surface area (Å²) in [7, 11) is -2.11. The van der Waals surface area contributed by atoms with E-state index in [2.05, 4.69) is 10.0 Å². The molecule has 0 heterocycles. The van der Waals surface area contributed by atoms with E-state index in [9.17, 15) is 13.2 Å². The molecule has 0 atom stereocenters. The summed E-state index contributed by atoms with van der Waals surface area (Å²) in [5.41, 5.74) is 0.896. The third-order valence-corrected chi connectivity index (χ3v) is 5.07. The highest BCUT2D eigenvalue weighted by Crippen LogP contribution is 2.15. The van der Waals surface area contributed by atoms with Gasteiger partial charge in [0.05, 0.1) is 12.0 Å². The van der Waals surface area contributed by atoms with Crippen LogP contribution in [0.25, 0.3) is 0 Å². The van der Waals surface area contributed by atoms with E-state index < -0.39 is 10.0 Å². The molecule has 2 rings (SSSR count). The molecule has 0 radical (unpaired) electrons. The van der Waals surface area contributed by atoms with Crippen LogP contribution >= 0.6 is 11.6 Å². The molecule has 1 amide bonds. The summed E-state index contributed by atoms with van der Waals surface area (Å²) >= 11 is 5.79. The fraction of sp³-hybridized carbons (Fsp3) is 0.235. The van der Waals surface area contributed by atoms with Gasteiger partial charge in [-0.2, -0.15) is 0 Å². The van der Waals surface area contributed by atoms with Crippen molar-refractivity contribution in [2.45, 2.75) is 17.9 Å². The van der Waals surface area contributed by atoms with Crippen molar-refractivity contribution >= 4 is 27.5 Å². The topological polar surface area (TPSA) is 84.5 Å². The number of hydrogen-bond acceptors (Lipinski definition) is 4. The van der Waals surface area contributed by atoms with Crippen LogP contribution in [0.4, 0.5) is 0 Å². The van der Waals surface area contributed by atoms with Crippen LogP contribution in [0, 0.1) is 0 Å². The Morgan fingerprint density at radius 3 is 2.64 bits per heavy atom. The van der Waals surface area contributed by atoms with Crippen LogP contribution in [-0.4, -0.2) is 28.0 Å². The Kier molecular flexibility index (Phi) is 6.81. The van der Waals surface area contributed by atoms with Gasteiger partial charge in [-0.25, -0.2) is 13.1 Å². The Labute approximate surface area is 152 Å². The third kappa shape index (κ3) is 6.04. The molecule has 2 aromatic carbocycles. The number of hydrogen-bond donors (Lipinski definition) is 2. The zero-order valence-corrected chi connectivity index (χ0v) is 15.2. The summed E-state index contributed by atoms with van der Waals surface area (Å²) < 4.78 is 31.7. The molecule has 6 nitrogen and oxygen atoms in total. The minimum absolute atomic E-state index is 0.00120. The Morgan fingerprint density at radius 2 is 1.92 bits per heavy atom. The fourth-order valence-corrected chi connectivity index (χ4v) is 3.42. The number of carbonyl (C=O) groups is 1. The predicted molar refractivity (Wildman–Crippen MR) is 96.1 cm³/mol. The standard InChI is InChI=1S/C17H19ClN2O4S/c1-24-15-6-2-4-13(10-15)12-19-17(21)8-9-20-25(22,23)16-7-3-5-14(18)11-16/h2-7,10-11,20H,8-9,12H2,1H3,(H,19,21). The Balaban J connectivity index is 1.80. The van der Waals surface area contributed by atoms with Crippen LogP contribution in [0.5, 0.6) is 5.75 Å². The number of nitrogens with one attached hydrogen (secondary N) is 2. The highest BCUT2D eigenvalue weighted by Gasteiger charge is 2.14. The lowest BCUT2D eigenvalue weighted by atomic mass is 10.2. The highest BCUT2D eigenvalue weighted by atomic mass is 35.5. The maximum Gasteiger partial charge on any atom is 0.240 e. The summed E-state index contributed by atoms with van der Waals surface area (Å²) in [6.45, 7) is 0.343. The second-order valence-corrected chi connectivity index (χ2v) is 7.44. The van der Waals surface area contributed by atoms with Gasteiger partial charge in [-0.15, -0.1) is 0 Å². The lowest BCUT2D eigenvalue weighted by Crippen LogP contribution is -2.30. The number of benzene rings is 2. The van der Waals surface area contributed by atoms with Gasteiger partial charge in [0, 0.05) is 24.5 Å². The molecule has 25 heavy (non-hydrogen) atoms. The molecule has 2 aromatic rings. The van der Waals surface area contributed by atoms with Crippen molar-refractivity contribution in [3.05, 3.63) is 59.1 Å². The van der Waals surface area contributed by atoms with Crippen LogP contribution in [0.15, 0.2) is 53.4 Å². The zero-order chi connectivity index (χ0) is 18.3. The number of halogens is 1. The van der Waals surface area contributed by atoms with Crippen LogP contribution in [0.1, 0.15) is 12.0 Å². The summed E-state index contributed by atoms with van der Waals surface area (Å²) in [6, 6.07) is 13.3. The second-order valence-electron chi connectivity index (χ2n) is 5.23. The average Bonchev–Trinajstić information content (AvgIpc) is 2.60. The molecule has 2 N–H and O–H groups in total. The SMILES string of the molecule is COc1cccc(CNC(=O)CCNS(=O)(=O)c2cccc(Cl)c2)c1. The van der Waals surface area contributed by atoms with Gasteiger partial charge in [0.25, 0.3) is 0 Å². The molecule has 134 valence electrons. The van der Waals surface area contributed by atoms with Gasteiger partial charge >= 0.3 is 0 Å². The molecular weight excluding hydrogens is 364 g/mol. The molecular formula is C17H19ClN2O4S. The average molecular weight is 383 g/mol. The van der Waals surface area contributed by atoms with Crippen LogP contribution in [-0.2, 0) is 21.4 Å². The molecule has 0 saturated carbocycles. The van der Waals surface area contributed by atoms with E-state index in [4.69, 9.17) is 16.3 Å². The van der Waals surface area contributed by atoms with Crippen molar-refractivity contribution in [2.24, 2.45) is 0 Å². The number of carbonyl (C=O) groups excluding carboxylic acids is 1. The minimum atomic E-state index is -3.69. The summed E-state index contributed by atoms with van der Waals surface area (Å²) in [5.74, 6) is 0.456. The first-order valence-electron chi connectivity index (χ1n) is 7.55. The Morgan fingerprint density at radius 1 is 1.16 bits per heavy atom. The van der Waals surface area contributed by atoms with E-state index in [1.54, 1.807) is 19.2 Å². The first-order valence-corrected chi connectivity index (χ1v) is 9.42. The molecule has 0 aromatic heterocycles. The van der Waals surface area contributed by atoms with E-state index in [0.717, 1.165) is 5.56 Å². The number of methoxy groups -OCH3 is 1. The highest BCUT2D eigenvalue weighted by molar-refractivity contribution is 7.89. The smallest absolute Gasteiger partial charge is 0.240 e. The Bertz CT molecular complexity index is 840. The van der Waals surface area contributed by atoms with Gasteiger partial charge in [0.15, 0.2) is 0 Å². The molecule has 0 saturated heterocycles. The van der Waals surface area contributed by atoms with Gasteiger partial charge in [-0.3, -0.25) is 4.79 Å². The number of rotatable bonds is 8. The van der Waals surface area contributed by atoms with Gasteiger partial charge < -0.3 is 10.1 Å². The van der Waals surface area contributed by atoms with E-state index in [1.807, 2.05) is 24.3 Å². The monoisotopic (exact) mass is 382 g/mol. The largest absolute Gasteiger partial charge is 0.497 e. The quantitative estimate of drug-likeness (QED) is 0.733. The summed E-state index contributed by atoms with van der Waals surface area (Å²) in [4.78, 5) is 11.9. The molecule has 8 heteroatoms. The van der Waals surface area contributed by atoms with Crippen molar-refractivity contribution in [2.75, 3.05) is 13.7 Å². The molecule has 0 bridgehead atoms. The lowest BCUT2D eigenvalue weighted by Gasteiger charge is -2.09. The van der Waals surface area contributed by atoms with Gasteiger partial charge in [-0.05, 0) is 35.9 Å². The van der Waals surface area contributed by atoms with Gasteiger partial charge in [0.2, 0.25) is 15.9 Å². The summed E-state index contributed by atoms with van der Waals surface area (Å²) in [5, 5.41) is 3.07. The third-order valence-electron chi connectivity index (χ3n) is 3.37. The molecule has 0 aliphatic heterocycles. The lowest BCUT2D eigenvalue weighted by molar-refractivity contribution is -0.121. The molecule has 0 spiro atoms. The predicted octanol–water partition coefficient (Wildman–Crippen LogP) is 2.33. The van der Waals surface area contributed by atoms with Crippen molar-refractivity contribution in [1.29, 1.82) is 0 Å². The first-order chi connectivity index (χ1) is 11.9. The molecule has 0 fully saturated rings. The van der Waals surface area contributed by atoms with Crippen molar-refractivity contribution in [1.82, 2.24) is 10.0 Å². The van der Waals surface area contributed by atoms with Crippen molar-refractivity contribution in [3.63, 3.8) is 0 Å². The van der Waals surface area contributed by atoms with E-state index in [-0.39, 0.29) is 23.8 Å². The van der Waals surface area contributed by atoms with Gasteiger partial charge in [0.1, 0.15) is 5.75 Å². The van der Waals surface area contributed by atoms with Gasteiger partial charge in [-0.1, -0.05) is 29.8 Å². The number of ether oxygens (including phenoxy) is 1. The van der Waals surface area contributed by atoms with Crippen LogP contribution < -0.4 is 14.8 Å². The fourth-order valence-electron chi connectivity index (χ4n) is 2.09. The molecule has 0 aliphatic carbocycles. The number of amides is 1. The first kappa shape index (κ1) is 19.2. The maximum absolute atomic E-state index is 12.1. The molecule has 0 aliphatic rings. The van der Waals surface area contributed by atoms with Crippen LogP contribution in [0.2, 0.25) is 5.02 Å². The van der Waals surface area contributed by atoms with Crippen molar-refractivity contribution < 1.29 is 17.9 Å². The normalized spacial score (nSPS) is 11.1. The second kappa shape index (κ2) is 8.84. The Hall–Kier alpha value is -2.09. The maximum atomic E-state index is 12.1. The van der Waals surface area contributed by atoms with E-state index in [1.165, 1.54) is 12.1 Å². The zero-order valence-electron chi connectivity index (χ0n) is 13.7. The van der Waals surface area contributed by atoms with E-state index >= 15 is 0 Å². The number of sulfonamides is 1. The molecule has 0 unspecified atom stereocenters. The van der Waals surface area contributed by atoms with E-state index in [0.29, 0.717) is 17.3 Å². The van der Waals surface area contributed by atoms with Crippen LogP contribution in [0.3, 0.4) is 0 Å². The van der Waals surface area contributed by atoms with Crippen molar-refractivity contribution in [3.8, 4) is 5.75 Å². The minimum Gasteiger partial charge on any atom is -0.497 e. The summed E-state index contributed by atoms with van der Waals surface area (Å²) in [6.07, 6.45) is 0.0315.